The first-order valence-corrected chi connectivity index (χ1v) is 11.4. The zero-order valence-electron chi connectivity index (χ0n) is 17.8. The number of nitriles is 1. The number of fused-ring (bicyclic) bond motifs is 1. The summed E-state index contributed by atoms with van der Waals surface area (Å²) in [6.07, 6.45) is 5.27. The predicted octanol–water partition coefficient (Wildman–Crippen LogP) is 5.62. The molecular formula is C26H23N3O2S. The van der Waals surface area contributed by atoms with Crippen molar-refractivity contribution in [3.8, 4) is 6.07 Å². The lowest BCUT2D eigenvalue weighted by molar-refractivity contribution is -0.112. The van der Waals surface area contributed by atoms with Gasteiger partial charge in [-0.1, -0.05) is 48.0 Å². The Hall–Kier alpha value is -3.69. The van der Waals surface area contributed by atoms with Crippen LogP contribution in [0, 0.1) is 18.3 Å². The predicted molar refractivity (Wildman–Crippen MR) is 128 cm³/mol. The van der Waals surface area contributed by atoms with Crippen molar-refractivity contribution in [1.82, 2.24) is 0 Å². The summed E-state index contributed by atoms with van der Waals surface area (Å²) in [5.41, 5.74) is 3.92. The Balaban J connectivity index is 1.68. The molecule has 2 N–H and O–H groups in total. The third kappa shape index (κ3) is 4.79. The number of thiophene rings is 1. The number of benzene rings is 2. The van der Waals surface area contributed by atoms with Crippen molar-refractivity contribution in [3.05, 3.63) is 93.5 Å². The van der Waals surface area contributed by atoms with E-state index in [0.29, 0.717) is 21.8 Å². The number of carbonyl (C=O) groups is 2. The van der Waals surface area contributed by atoms with Gasteiger partial charge < -0.3 is 10.6 Å². The van der Waals surface area contributed by atoms with Crippen molar-refractivity contribution in [3.63, 3.8) is 0 Å². The third-order valence-corrected chi connectivity index (χ3v) is 6.63. The van der Waals surface area contributed by atoms with Crippen LogP contribution < -0.4 is 10.6 Å². The van der Waals surface area contributed by atoms with E-state index in [0.717, 1.165) is 36.8 Å². The molecule has 2 aromatic carbocycles. The maximum atomic E-state index is 13.1. The maximum Gasteiger partial charge on any atom is 0.272 e. The first-order valence-electron chi connectivity index (χ1n) is 10.6. The normalized spacial score (nSPS) is 13.1. The van der Waals surface area contributed by atoms with Gasteiger partial charge in [0.1, 0.15) is 16.8 Å². The van der Waals surface area contributed by atoms with Crippen LogP contribution in [0.5, 0.6) is 0 Å². The number of nitrogens with zero attached hydrogens (tertiary/aromatic N) is 1. The van der Waals surface area contributed by atoms with Crippen LogP contribution in [0.2, 0.25) is 0 Å². The molecule has 1 aliphatic carbocycles. The first kappa shape index (κ1) is 21.5. The van der Waals surface area contributed by atoms with E-state index < -0.39 is 5.91 Å². The van der Waals surface area contributed by atoms with Gasteiger partial charge in [-0.2, -0.15) is 5.26 Å². The monoisotopic (exact) mass is 441 g/mol. The van der Waals surface area contributed by atoms with Crippen molar-refractivity contribution in [2.45, 2.75) is 32.6 Å². The third-order valence-electron chi connectivity index (χ3n) is 5.42. The molecular weight excluding hydrogens is 418 g/mol. The summed E-state index contributed by atoms with van der Waals surface area (Å²) in [7, 11) is 0. The minimum absolute atomic E-state index is 0.106. The van der Waals surface area contributed by atoms with Crippen LogP contribution in [0.1, 0.15) is 44.8 Å². The molecule has 1 aromatic heterocycles. The summed E-state index contributed by atoms with van der Waals surface area (Å²) in [5.74, 6) is -0.720. The molecule has 0 bridgehead atoms. The molecule has 6 heteroatoms. The van der Waals surface area contributed by atoms with Crippen LogP contribution >= 0.6 is 11.3 Å². The second-order valence-electron chi connectivity index (χ2n) is 7.76. The van der Waals surface area contributed by atoms with Gasteiger partial charge in [0.25, 0.3) is 5.91 Å². The molecule has 3 aromatic rings. The van der Waals surface area contributed by atoms with Crippen LogP contribution in [0.15, 0.2) is 66.4 Å². The highest BCUT2D eigenvalue weighted by molar-refractivity contribution is 7.16. The van der Waals surface area contributed by atoms with E-state index >= 15 is 0 Å². The number of allylic oxidation sites excluding steroid dienone is 1. The number of carbonyl (C=O) groups excluding carboxylic acids is 2. The molecule has 32 heavy (non-hydrogen) atoms. The fraction of sp³-hybridized carbons (Fsp3) is 0.192. The fourth-order valence-corrected chi connectivity index (χ4v) is 4.96. The van der Waals surface area contributed by atoms with Crippen LogP contribution in [0.3, 0.4) is 0 Å². The molecule has 4 rings (SSSR count). The first-order chi connectivity index (χ1) is 15.5. The number of anilines is 2. The Kier molecular flexibility index (Phi) is 6.48. The number of hydrogen-bond acceptors (Lipinski definition) is 5. The average molecular weight is 442 g/mol. The van der Waals surface area contributed by atoms with Gasteiger partial charge in [-0.15, -0.1) is 11.3 Å². The second-order valence-corrected chi connectivity index (χ2v) is 8.87. The van der Waals surface area contributed by atoms with Crippen LogP contribution in [0.4, 0.5) is 10.7 Å². The van der Waals surface area contributed by atoms with Crippen molar-refractivity contribution >= 4 is 33.7 Å². The van der Waals surface area contributed by atoms with Crippen molar-refractivity contribution in [1.29, 1.82) is 5.26 Å². The quantitative estimate of drug-likeness (QED) is 0.384. The Labute approximate surface area is 191 Å². The number of hydrogen-bond donors (Lipinski definition) is 2. The lowest BCUT2D eigenvalue weighted by Crippen LogP contribution is -2.21. The van der Waals surface area contributed by atoms with Crippen LogP contribution in [0.25, 0.3) is 0 Å². The highest BCUT2D eigenvalue weighted by Crippen LogP contribution is 2.38. The zero-order chi connectivity index (χ0) is 22.5. The Morgan fingerprint density at radius 1 is 1.00 bits per heavy atom. The van der Waals surface area contributed by atoms with Crippen molar-refractivity contribution in [2.24, 2.45) is 0 Å². The van der Waals surface area contributed by atoms with E-state index in [1.54, 1.807) is 24.3 Å². The Morgan fingerprint density at radius 3 is 2.44 bits per heavy atom. The Bertz CT molecular complexity index is 1220. The van der Waals surface area contributed by atoms with Gasteiger partial charge in [0.2, 0.25) is 0 Å². The van der Waals surface area contributed by atoms with Gasteiger partial charge in [0, 0.05) is 22.2 Å². The van der Waals surface area contributed by atoms with Crippen molar-refractivity contribution < 1.29 is 9.59 Å². The lowest BCUT2D eigenvalue weighted by Gasteiger charge is -2.11. The van der Waals surface area contributed by atoms with Gasteiger partial charge >= 0.3 is 0 Å². The molecule has 0 spiro atoms. The van der Waals surface area contributed by atoms with Gasteiger partial charge in [0.05, 0.1) is 5.56 Å². The molecule has 1 amide bonds. The number of nitrogens with one attached hydrogen (secondary N) is 2. The molecule has 1 heterocycles. The van der Waals surface area contributed by atoms with Gasteiger partial charge in [-0.3, -0.25) is 9.59 Å². The number of para-hydroxylation sites is 1. The number of rotatable bonds is 6. The summed E-state index contributed by atoms with van der Waals surface area (Å²) < 4.78 is 0. The summed E-state index contributed by atoms with van der Waals surface area (Å²) >= 11 is 1.50. The molecule has 0 fully saturated rings. The average Bonchev–Trinajstić information content (AvgIpc) is 3.16. The van der Waals surface area contributed by atoms with Gasteiger partial charge in [0.15, 0.2) is 5.78 Å². The largest absolute Gasteiger partial charge is 0.342 e. The second kappa shape index (κ2) is 9.63. The number of ketones is 1. The highest BCUT2D eigenvalue weighted by atomic mass is 32.1. The van der Waals surface area contributed by atoms with Crippen molar-refractivity contribution in [2.75, 3.05) is 10.6 Å². The molecule has 1 aliphatic rings. The standard InChI is InChI=1S/C26H23N3O2S/c1-17-11-13-18(14-12-17)23(30)15-22(25(31)28-19-7-3-2-4-8-19)29-26-21(16-27)20-9-5-6-10-24(20)32-26/h2-4,7-8,11-15,29H,5-6,9-10H2,1H3,(H,28,31). The molecule has 0 saturated heterocycles. The van der Waals surface area contributed by atoms with Gasteiger partial charge in [-0.25, -0.2) is 0 Å². The minimum atomic E-state index is -0.438. The Morgan fingerprint density at radius 2 is 1.72 bits per heavy atom. The fourth-order valence-electron chi connectivity index (χ4n) is 3.71. The van der Waals surface area contributed by atoms with E-state index in [4.69, 9.17) is 0 Å². The summed E-state index contributed by atoms with van der Waals surface area (Å²) in [5, 5.41) is 16.3. The number of amides is 1. The molecule has 0 radical (unpaired) electrons. The molecule has 0 aliphatic heterocycles. The molecule has 5 nitrogen and oxygen atoms in total. The van der Waals surface area contributed by atoms with E-state index in [-0.39, 0.29) is 11.5 Å². The molecule has 0 saturated carbocycles. The minimum Gasteiger partial charge on any atom is -0.342 e. The summed E-state index contributed by atoms with van der Waals surface area (Å²) in [6, 6.07) is 18.6. The lowest BCUT2D eigenvalue weighted by atomic mass is 9.96. The van der Waals surface area contributed by atoms with E-state index in [1.807, 2.05) is 37.3 Å². The van der Waals surface area contributed by atoms with Gasteiger partial charge in [-0.05, 0) is 50.3 Å². The van der Waals surface area contributed by atoms with E-state index in [2.05, 4.69) is 16.7 Å². The van der Waals surface area contributed by atoms with E-state index in [9.17, 15) is 14.9 Å². The highest BCUT2D eigenvalue weighted by Gasteiger charge is 2.23. The molecule has 160 valence electrons. The number of aryl methyl sites for hydroxylation is 2. The van der Waals surface area contributed by atoms with E-state index in [1.165, 1.54) is 22.3 Å². The summed E-state index contributed by atoms with van der Waals surface area (Å²) in [6.45, 7) is 1.95. The van der Waals surface area contributed by atoms with Crippen LogP contribution in [-0.2, 0) is 17.6 Å². The maximum absolute atomic E-state index is 13.1. The van der Waals surface area contributed by atoms with Crippen LogP contribution in [-0.4, -0.2) is 11.7 Å². The summed E-state index contributed by atoms with van der Waals surface area (Å²) in [4.78, 5) is 27.2. The topological polar surface area (TPSA) is 82.0 Å². The molecule has 0 atom stereocenters. The molecule has 0 unspecified atom stereocenters. The smallest absolute Gasteiger partial charge is 0.272 e. The zero-order valence-corrected chi connectivity index (χ0v) is 18.6. The SMILES string of the molecule is Cc1ccc(C(=O)C=C(Nc2sc3c(c2C#N)CCCC3)C(=O)Nc2ccccc2)cc1.